The molecule has 1 heterocycles. The predicted molar refractivity (Wildman–Crippen MR) is 151 cm³/mol. The molecule has 39 heavy (non-hydrogen) atoms. The van der Waals surface area contributed by atoms with Gasteiger partial charge in [-0.15, -0.1) is 0 Å². The molecule has 1 aromatic heterocycles. The average molecular weight is 540 g/mol. The van der Waals surface area contributed by atoms with Gasteiger partial charge in [-0.3, -0.25) is 4.79 Å². The predicted octanol–water partition coefficient (Wildman–Crippen LogP) is 4.73. The lowest BCUT2D eigenvalue weighted by Crippen LogP contribution is -2.48. The number of unbranched alkanes of at least 4 members (excludes halogenated alkanes) is 4. The third-order valence-corrected chi connectivity index (χ3v) is 6.97. The number of carbonyl (C=O) groups excluding carboxylic acids is 1. The minimum absolute atomic E-state index is 0.216. The summed E-state index contributed by atoms with van der Waals surface area (Å²) in [4.78, 5) is 29.9. The minimum atomic E-state index is -1.90. The van der Waals surface area contributed by atoms with Crippen molar-refractivity contribution in [3.8, 4) is 0 Å². The van der Waals surface area contributed by atoms with Crippen molar-refractivity contribution in [3.63, 3.8) is 0 Å². The molecule has 0 bridgehead atoms. The van der Waals surface area contributed by atoms with E-state index < -0.39 is 24.1 Å². The van der Waals surface area contributed by atoms with Crippen molar-refractivity contribution in [2.45, 2.75) is 71.0 Å². The van der Waals surface area contributed by atoms with Crippen LogP contribution in [0.25, 0.3) is 11.1 Å². The molecule has 0 saturated heterocycles. The van der Waals surface area contributed by atoms with Crippen LogP contribution in [-0.2, 0) is 20.7 Å². The molecule has 9 nitrogen and oxygen atoms in total. The number of hydrogen-bond donors (Lipinski definition) is 3. The Hall–Kier alpha value is -3.43. The zero-order valence-electron chi connectivity index (χ0n) is 23.2. The van der Waals surface area contributed by atoms with E-state index in [-0.39, 0.29) is 6.61 Å². The highest BCUT2D eigenvalue weighted by Crippen LogP contribution is 2.18. The fourth-order valence-electron chi connectivity index (χ4n) is 4.38. The lowest BCUT2D eigenvalue weighted by Gasteiger charge is -2.25. The second-order valence-corrected chi connectivity index (χ2v) is 10.1. The van der Waals surface area contributed by atoms with Gasteiger partial charge < -0.3 is 29.6 Å². The van der Waals surface area contributed by atoms with Crippen LogP contribution in [-0.4, -0.2) is 70.9 Å². The van der Waals surface area contributed by atoms with Gasteiger partial charge in [0, 0.05) is 32.4 Å². The lowest BCUT2D eigenvalue weighted by atomic mass is 10.0. The number of aromatic nitrogens is 1. The number of benzene rings is 2. The molecular weight excluding hydrogens is 498 g/mol. The largest absolute Gasteiger partial charge is 0.479 e. The zero-order chi connectivity index (χ0) is 28.2. The Morgan fingerprint density at radius 2 is 1.82 bits per heavy atom. The Balaban J connectivity index is 1.34. The second kappa shape index (κ2) is 15.2. The highest BCUT2D eigenvalue weighted by Gasteiger charge is 2.34. The van der Waals surface area contributed by atoms with E-state index in [0.29, 0.717) is 13.0 Å². The van der Waals surface area contributed by atoms with E-state index in [9.17, 15) is 19.8 Å². The number of amides is 1. The molecule has 3 rings (SSSR count). The standard InChI is InChI=1S/C30H41N3O6/c1-21-11-12-23(18-22(21)2)10-6-4-9-17-38-28(27(34)30(36)37)29(35)33(3)16-8-5-7-15-31-24-13-14-26-25(19-24)32-20-39-26/h11-14,18-20,27-28,31,34H,4-10,15-17H2,1-3H3,(H,36,37). The SMILES string of the molecule is Cc1ccc(CCCCCOC(C(=O)N(C)CCCCCNc2ccc3ocnc3c2)C(O)C(=O)O)cc1C. The molecule has 2 atom stereocenters. The Labute approximate surface area is 230 Å². The summed E-state index contributed by atoms with van der Waals surface area (Å²) >= 11 is 0. The molecule has 0 aliphatic carbocycles. The maximum atomic E-state index is 12.9. The average Bonchev–Trinajstić information content (AvgIpc) is 3.39. The Morgan fingerprint density at radius 3 is 2.59 bits per heavy atom. The molecule has 2 aromatic carbocycles. The van der Waals surface area contributed by atoms with E-state index >= 15 is 0 Å². The van der Waals surface area contributed by atoms with Gasteiger partial charge in [-0.1, -0.05) is 24.6 Å². The highest BCUT2D eigenvalue weighted by atomic mass is 16.5. The number of aliphatic hydroxyl groups is 1. The fraction of sp³-hybridized carbons (Fsp3) is 0.500. The number of anilines is 1. The van der Waals surface area contributed by atoms with Gasteiger partial charge in [-0.05, 0) is 87.3 Å². The van der Waals surface area contributed by atoms with Gasteiger partial charge in [0.15, 0.2) is 24.2 Å². The van der Waals surface area contributed by atoms with E-state index in [2.05, 4.69) is 42.3 Å². The number of rotatable bonds is 17. The van der Waals surface area contributed by atoms with Crippen LogP contribution in [0.2, 0.25) is 0 Å². The number of carbonyl (C=O) groups is 2. The topological polar surface area (TPSA) is 125 Å². The summed E-state index contributed by atoms with van der Waals surface area (Å²) in [6.45, 7) is 5.64. The number of likely N-dealkylation sites (N-methyl/N-ethyl adjacent to an activating group) is 1. The summed E-state index contributed by atoms with van der Waals surface area (Å²) < 4.78 is 10.9. The van der Waals surface area contributed by atoms with Crippen molar-refractivity contribution < 1.29 is 29.0 Å². The number of fused-ring (bicyclic) bond motifs is 1. The molecule has 212 valence electrons. The van der Waals surface area contributed by atoms with Crippen LogP contribution < -0.4 is 5.32 Å². The molecule has 1 amide bonds. The first-order chi connectivity index (χ1) is 18.8. The number of nitrogens with one attached hydrogen (secondary N) is 1. The highest BCUT2D eigenvalue weighted by molar-refractivity contribution is 5.87. The van der Waals surface area contributed by atoms with E-state index in [1.165, 1.54) is 28.0 Å². The van der Waals surface area contributed by atoms with Gasteiger partial charge in [-0.2, -0.15) is 0 Å². The monoisotopic (exact) mass is 539 g/mol. The number of nitrogens with zero attached hydrogens (tertiary/aromatic N) is 2. The molecule has 0 saturated carbocycles. The van der Waals surface area contributed by atoms with Gasteiger partial charge >= 0.3 is 5.97 Å². The van der Waals surface area contributed by atoms with Crippen molar-refractivity contribution in [2.24, 2.45) is 0 Å². The number of hydrogen-bond acceptors (Lipinski definition) is 7. The summed E-state index contributed by atoms with van der Waals surface area (Å²) in [6, 6.07) is 12.2. The number of ether oxygens (including phenoxy) is 1. The van der Waals surface area contributed by atoms with Crippen LogP contribution in [0.5, 0.6) is 0 Å². The Morgan fingerprint density at radius 1 is 1.03 bits per heavy atom. The Bertz CT molecular complexity index is 1210. The fourth-order valence-corrected chi connectivity index (χ4v) is 4.38. The molecular formula is C30H41N3O6. The van der Waals surface area contributed by atoms with Gasteiger partial charge in [0.1, 0.15) is 5.52 Å². The van der Waals surface area contributed by atoms with Crippen LogP contribution in [0.4, 0.5) is 5.69 Å². The molecule has 3 aromatic rings. The third-order valence-electron chi connectivity index (χ3n) is 6.97. The van der Waals surface area contributed by atoms with Gasteiger partial charge in [0.05, 0.1) is 0 Å². The van der Waals surface area contributed by atoms with Crippen molar-refractivity contribution in [2.75, 3.05) is 32.1 Å². The normalized spacial score (nSPS) is 12.8. The quantitative estimate of drug-likeness (QED) is 0.210. The first-order valence-corrected chi connectivity index (χ1v) is 13.7. The molecule has 0 aliphatic heterocycles. The number of carboxylic acid groups (broad SMARTS) is 1. The van der Waals surface area contributed by atoms with E-state index in [1.807, 2.05) is 18.2 Å². The van der Waals surface area contributed by atoms with Crippen molar-refractivity contribution in [3.05, 3.63) is 59.5 Å². The lowest BCUT2D eigenvalue weighted by molar-refractivity contribution is -0.166. The third kappa shape index (κ3) is 9.37. The Kier molecular flexibility index (Phi) is 11.8. The second-order valence-electron chi connectivity index (χ2n) is 10.1. The zero-order valence-corrected chi connectivity index (χ0v) is 23.2. The molecule has 0 spiro atoms. The maximum absolute atomic E-state index is 12.9. The summed E-state index contributed by atoms with van der Waals surface area (Å²) in [5.74, 6) is -1.98. The number of aliphatic hydroxyl groups excluding tert-OH is 1. The summed E-state index contributed by atoms with van der Waals surface area (Å²) in [6.07, 6.45) is 4.12. The molecule has 3 N–H and O–H groups in total. The maximum Gasteiger partial charge on any atom is 0.335 e. The number of aliphatic carboxylic acids is 1. The summed E-state index contributed by atoms with van der Waals surface area (Å²) in [5.41, 5.74) is 6.37. The smallest absolute Gasteiger partial charge is 0.335 e. The first-order valence-electron chi connectivity index (χ1n) is 13.7. The molecule has 0 radical (unpaired) electrons. The van der Waals surface area contributed by atoms with E-state index in [0.717, 1.165) is 61.9 Å². The molecule has 0 fully saturated rings. The minimum Gasteiger partial charge on any atom is -0.479 e. The summed E-state index contributed by atoms with van der Waals surface area (Å²) in [5, 5.41) is 22.8. The molecule has 9 heteroatoms. The molecule has 2 unspecified atom stereocenters. The van der Waals surface area contributed by atoms with Crippen LogP contribution >= 0.6 is 0 Å². The van der Waals surface area contributed by atoms with Crippen molar-refractivity contribution in [1.29, 1.82) is 0 Å². The summed E-state index contributed by atoms with van der Waals surface area (Å²) in [7, 11) is 1.61. The van der Waals surface area contributed by atoms with E-state index in [1.54, 1.807) is 7.05 Å². The van der Waals surface area contributed by atoms with Gasteiger partial charge in [0.2, 0.25) is 0 Å². The number of aryl methyl sites for hydroxylation is 3. The number of oxazole rings is 1. The van der Waals surface area contributed by atoms with Crippen LogP contribution in [0.15, 0.2) is 47.2 Å². The number of carboxylic acids is 1. The van der Waals surface area contributed by atoms with E-state index in [4.69, 9.17) is 9.15 Å². The van der Waals surface area contributed by atoms with Crippen LogP contribution in [0, 0.1) is 13.8 Å². The van der Waals surface area contributed by atoms with Gasteiger partial charge in [0.25, 0.3) is 5.91 Å². The van der Waals surface area contributed by atoms with Crippen LogP contribution in [0.1, 0.15) is 55.2 Å². The van der Waals surface area contributed by atoms with Crippen LogP contribution in [0.3, 0.4) is 0 Å². The van der Waals surface area contributed by atoms with Crippen molar-refractivity contribution in [1.82, 2.24) is 9.88 Å². The first kappa shape index (κ1) is 30.1. The van der Waals surface area contributed by atoms with Gasteiger partial charge in [-0.25, -0.2) is 9.78 Å². The molecule has 0 aliphatic rings. The van der Waals surface area contributed by atoms with Crippen molar-refractivity contribution >= 4 is 28.7 Å².